The largest absolute Gasteiger partial charge is 0.228 e. The molecular formula is C59H38N2S. The highest BCUT2D eigenvalue weighted by atomic mass is 32.1. The number of benzene rings is 9. The lowest BCUT2D eigenvalue weighted by Gasteiger charge is -2.33. The third-order valence-electron chi connectivity index (χ3n) is 12.6. The summed E-state index contributed by atoms with van der Waals surface area (Å²) in [4.78, 5) is 10.9. The third kappa shape index (κ3) is 5.78. The molecule has 1 aliphatic rings. The molecule has 0 atom stereocenters. The number of fused-ring (bicyclic) bond motifs is 6. The van der Waals surface area contributed by atoms with Crippen molar-refractivity contribution in [3.05, 3.63) is 253 Å². The van der Waals surface area contributed by atoms with Crippen LogP contribution in [0.5, 0.6) is 0 Å². The van der Waals surface area contributed by atoms with Crippen LogP contribution < -0.4 is 0 Å². The highest BCUT2D eigenvalue weighted by Crippen LogP contribution is 2.58. The summed E-state index contributed by atoms with van der Waals surface area (Å²) in [5, 5.41) is 2.58. The van der Waals surface area contributed by atoms with Gasteiger partial charge < -0.3 is 0 Å². The van der Waals surface area contributed by atoms with Crippen LogP contribution in [-0.2, 0) is 5.41 Å². The molecule has 2 aromatic heterocycles. The number of hydrogen-bond acceptors (Lipinski definition) is 3. The number of hydrogen-bond donors (Lipinski definition) is 0. The smallest absolute Gasteiger partial charge is 0.160 e. The lowest BCUT2D eigenvalue weighted by Crippen LogP contribution is -2.28. The van der Waals surface area contributed by atoms with Crippen molar-refractivity contribution in [3.63, 3.8) is 0 Å². The zero-order valence-electron chi connectivity index (χ0n) is 33.7. The topological polar surface area (TPSA) is 25.8 Å². The summed E-state index contributed by atoms with van der Waals surface area (Å²) in [6.07, 6.45) is 0. The predicted octanol–water partition coefficient (Wildman–Crippen LogP) is 15.5. The van der Waals surface area contributed by atoms with Gasteiger partial charge in [0.25, 0.3) is 0 Å². The molecule has 0 fully saturated rings. The van der Waals surface area contributed by atoms with E-state index >= 15 is 0 Å². The monoisotopic (exact) mass is 806 g/mol. The molecule has 12 rings (SSSR count). The van der Waals surface area contributed by atoms with E-state index in [2.05, 4.69) is 224 Å². The lowest BCUT2D eigenvalue weighted by molar-refractivity contribution is 0.768. The molecule has 2 nitrogen and oxygen atoms in total. The maximum Gasteiger partial charge on any atom is 0.160 e. The Labute approximate surface area is 365 Å². The molecule has 0 aliphatic heterocycles. The normalized spacial score (nSPS) is 12.6. The van der Waals surface area contributed by atoms with E-state index in [0.717, 1.165) is 44.8 Å². The molecule has 0 radical (unpaired) electrons. The first kappa shape index (κ1) is 36.2. The van der Waals surface area contributed by atoms with E-state index in [1.165, 1.54) is 59.1 Å². The van der Waals surface area contributed by atoms with Crippen molar-refractivity contribution in [2.45, 2.75) is 5.41 Å². The minimum absolute atomic E-state index is 0.519. The van der Waals surface area contributed by atoms with Gasteiger partial charge in [-0.05, 0) is 86.0 Å². The second kappa shape index (κ2) is 14.8. The Morgan fingerprint density at radius 2 is 0.871 bits per heavy atom. The Morgan fingerprint density at radius 1 is 0.339 bits per heavy atom. The van der Waals surface area contributed by atoms with Crippen LogP contribution >= 0.6 is 11.3 Å². The van der Waals surface area contributed by atoms with Crippen molar-refractivity contribution in [1.29, 1.82) is 0 Å². The van der Waals surface area contributed by atoms with Gasteiger partial charge in [0.2, 0.25) is 0 Å². The fraction of sp³-hybridized carbons (Fsp3) is 0.0169. The average Bonchev–Trinajstić information content (AvgIpc) is 3.89. The standard InChI is InChI=1S/C59H38N2S/c1-5-19-39(20-6-1)41-35-42(46-29-17-30-48-47-27-14-16-34-55(47)62-57(46)48)37-43(36-41)53-38-54(61-58(60-53)40-21-7-2-8-22-40)50-31-18-33-52-56(50)49-28-13-15-32-51(49)59(52,44-23-9-3-10-24-44)45-25-11-4-12-26-45/h1-38H. The van der Waals surface area contributed by atoms with Gasteiger partial charge in [0.15, 0.2) is 5.82 Å². The zero-order valence-corrected chi connectivity index (χ0v) is 34.6. The molecule has 0 bridgehead atoms. The minimum atomic E-state index is -0.519. The molecule has 0 N–H and O–H groups in total. The van der Waals surface area contributed by atoms with E-state index in [0.29, 0.717) is 5.82 Å². The highest BCUT2D eigenvalue weighted by molar-refractivity contribution is 7.26. The summed E-state index contributed by atoms with van der Waals surface area (Å²) in [5.74, 6) is 0.692. The first-order valence-electron chi connectivity index (χ1n) is 21.1. The SMILES string of the molecule is c1ccc(-c2cc(-c3cc(-c4cccc5c4-c4ccccc4C5(c4ccccc4)c4ccccc4)nc(-c4ccccc4)n3)cc(-c3cccc4c3sc3ccccc34)c2)cc1. The Hall–Kier alpha value is -7.72. The average molecular weight is 807 g/mol. The zero-order chi connectivity index (χ0) is 41.0. The maximum absolute atomic E-state index is 5.46. The fourth-order valence-corrected chi connectivity index (χ4v) is 11.1. The van der Waals surface area contributed by atoms with Crippen LogP contribution in [0.25, 0.3) is 87.5 Å². The molecular weight excluding hydrogens is 769 g/mol. The number of thiophene rings is 1. The van der Waals surface area contributed by atoms with Gasteiger partial charge >= 0.3 is 0 Å². The van der Waals surface area contributed by atoms with Gasteiger partial charge in [-0.3, -0.25) is 0 Å². The van der Waals surface area contributed by atoms with E-state index in [1.807, 2.05) is 17.4 Å². The van der Waals surface area contributed by atoms with Gasteiger partial charge in [0, 0.05) is 36.9 Å². The molecule has 0 saturated heterocycles. The number of aromatic nitrogens is 2. The van der Waals surface area contributed by atoms with Crippen LogP contribution in [-0.4, -0.2) is 9.97 Å². The van der Waals surface area contributed by atoms with Crippen LogP contribution in [0.3, 0.4) is 0 Å². The van der Waals surface area contributed by atoms with Crippen molar-refractivity contribution in [2.24, 2.45) is 0 Å². The first-order valence-corrected chi connectivity index (χ1v) is 22.0. The van der Waals surface area contributed by atoms with E-state index in [1.54, 1.807) is 0 Å². The Bertz CT molecular complexity index is 3410. The van der Waals surface area contributed by atoms with Crippen LogP contribution in [0.4, 0.5) is 0 Å². The third-order valence-corrected chi connectivity index (χ3v) is 13.8. The van der Waals surface area contributed by atoms with Crippen LogP contribution in [0.15, 0.2) is 231 Å². The van der Waals surface area contributed by atoms with Gasteiger partial charge in [-0.1, -0.05) is 200 Å². The summed E-state index contributed by atoms with van der Waals surface area (Å²) in [6.45, 7) is 0. The lowest BCUT2D eigenvalue weighted by atomic mass is 9.67. The quantitative estimate of drug-likeness (QED) is 0.160. The van der Waals surface area contributed by atoms with Crippen LogP contribution in [0.1, 0.15) is 22.3 Å². The number of nitrogens with zero attached hydrogens (tertiary/aromatic N) is 2. The molecule has 0 spiro atoms. The minimum Gasteiger partial charge on any atom is -0.228 e. The van der Waals surface area contributed by atoms with Gasteiger partial charge in [-0.25, -0.2) is 9.97 Å². The second-order valence-corrected chi connectivity index (χ2v) is 17.1. The molecule has 290 valence electrons. The molecule has 11 aromatic rings. The molecule has 62 heavy (non-hydrogen) atoms. The van der Waals surface area contributed by atoms with Crippen molar-refractivity contribution in [2.75, 3.05) is 0 Å². The van der Waals surface area contributed by atoms with Crippen LogP contribution in [0, 0.1) is 0 Å². The number of rotatable bonds is 7. The van der Waals surface area contributed by atoms with Gasteiger partial charge in [0.1, 0.15) is 0 Å². The molecule has 0 amide bonds. The first-order chi connectivity index (χ1) is 30.7. The van der Waals surface area contributed by atoms with Gasteiger partial charge in [0.05, 0.1) is 16.8 Å². The molecule has 0 saturated carbocycles. The Kier molecular flexibility index (Phi) is 8.62. The highest BCUT2D eigenvalue weighted by Gasteiger charge is 2.46. The van der Waals surface area contributed by atoms with E-state index < -0.39 is 5.41 Å². The molecule has 9 aromatic carbocycles. The van der Waals surface area contributed by atoms with Crippen LogP contribution in [0.2, 0.25) is 0 Å². The summed E-state index contributed by atoms with van der Waals surface area (Å²) in [7, 11) is 0. The molecule has 3 heteroatoms. The molecule has 0 unspecified atom stereocenters. The predicted molar refractivity (Wildman–Crippen MR) is 259 cm³/mol. The fourth-order valence-electron chi connectivity index (χ4n) is 9.86. The summed E-state index contributed by atoms with van der Waals surface area (Å²) in [5.41, 5.74) is 16.4. The second-order valence-electron chi connectivity index (χ2n) is 16.0. The van der Waals surface area contributed by atoms with E-state index in [4.69, 9.17) is 9.97 Å². The summed E-state index contributed by atoms with van der Waals surface area (Å²) >= 11 is 1.86. The maximum atomic E-state index is 5.46. The molecule has 2 heterocycles. The van der Waals surface area contributed by atoms with Crippen molar-refractivity contribution >= 4 is 31.5 Å². The van der Waals surface area contributed by atoms with E-state index in [-0.39, 0.29) is 0 Å². The Morgan fingerprint density at radius 3 is 1.63 bits per heavy atom. The van der Waals surface area contributed by atoms with Crippen molar-refractivity contribution in [3.8, 4) is 67.3 Å². The summed E-state index contributed by atoms with van der Waals surface area (Å²) in [6, 6.07) is 83.4. The summed E-state index contributed by atoms with van der Waals surface area (Å²) < 4.78 is 2.58. The molecule has 1 aliphatic carbocycles. The van der Waals surface area contributed by atoms with Crippen molar-refractivity contribution < 1.29 is 0 Å². The van der Waals surface area contributed by atoms with Gasteiger partial charge in [-0.15, -0.1) is 11.3 Å². The van der Waals surface area contributed by atoms with Crippen molar-refractivity contribution in [1.82, 2.24) is 9.97 Å². The van der Waals surface area contributed by atoms with E-state index in [9.17, 15) is 0 Å². The van der Waals surface area contributed by atoms with Gasteiger partial charge in [-0.2, -0.15) is 0 Å². The Balaban J connectivity index is 1.12.